The van der Waals surface area contributed by atoms with Crippen LogP contribution in [0.2, 0.25) is 5.02 Å². The molecule has 4 N–H and O–H groups in total. The van der Waals surface area contributed by atoms with Gasteiger partial charge in [0.15, 0.2) is 0 Å². The molecule has 1 amide bonds. The van der Waals surface area contributed by atoms with Crippen molar-refractivity contribution in [2.24, 2.45) is 0 Å². The van der Waals surface area contributed by atoms with Gasteiger partial charge in [0, 0.05) is 16.3 Å². The Kier molecular flexibility index (Phi) is 4.99. The van der Waals surface area contributed by atoms with E-state index in [1.807, 2.05) is 45.0 Å². The lowest BCUT2D eigenvalue weighted by Gasteiger charge is -2.15. The average Bonchev–Trinajstić information content (AvgIpc) is 3.06. The van der Waals surface area contributed by atoms with Crippen LogP contribution in [0.15, 0.2) is 30.3 Å². The number of halogens is 1. The normalized spacial score (nSPS) is 19.8. The second kappa shape index (κ2) is 7.04. The van der Waals surface area contributed by atoms with Gasteiger partial charge in [-0.15, -0.1) is 0 Å². The smallest absolute Gasteiger partial charge is 0.242 e. The van der Waals surface area contributed by atoms with Gasteiger partial charge in [-0.1, -0.05) is 29.8 Å². The maximum Gasteiger partial charge on any atom is 0.242 e. The van der Waals surface area contributed by atoms with Crippen molar-refractivity contribution in [3.8, 4) is 5.75 Å². The first-order valence-electron chi connectivity index (χ1n) is 8.24. The van der Waals surface area contributed by atoms with Crippen molar-refractivity contribution in [3.63, 3.8) is 0 Å². The van der Waals surface area contributed by atoms with Crippen LogP contribution in [0.3, 0.4) is 0 Å². The molecule has 1 aliphatic heterocycles. The molecule has 1 aliphatic rings. The number of carbonyl (C=O) groups is 1. The Hall–Kier alpha value is -2.08. The molecule has 0 spiro atoms. The first kappa shape index (κ1) is 17.7. The fourth-order valence-corrected chi connectivity index (χ4v) is 3.12. The molecule has 2 unspecified atom stereocenters. The molecule has 2 aromatic carbocycles. The zero-order valence-electron chi connectivity index (χ0n) is 14.5. The Bertz CT molecular complexity index is 823. The summed E-state index contributed by atoms with van der Waals surface area (Å²) in [4.78, 5) is 12.5. The predicted octanol–water partition coefficient (Wildman–Crippen LogP) is 3.52. The van der Waals surface area contributed by atoms with Gasteiger partial charge in [0.25, 0.3) is 0 Å². The molecule has 0 bridgehead atoms. The summed E-state index contributed by atoms with van der Waals surface area (Å²) in [6.07, 6.45) is 0.543. The first-order valence-corrected chi connectivity index (χ1v) is 8.61. The Balaban J connectivity index is 1.69. The van der Waals surface area contributed by atoms with E-state index in [-0.39, 0.29) is 17.7 Å². The summed E-state index contributed by atoms with van der Waals surface area (Å²) >= 11 is 6.10. The Morgan fingerprint density at radius 2 is 1.88 bits per heavy atom. The molecular formula is C19H22ClN3O2. The summed E-state index contributed by atoms with van der Waals surface area (Å²) in [5.74, 6) is 0.143. The maximum absolute atomic E-state index is 12.5. The van der Waals surface area contributed by atoms with Crippen LogP contribution in [0.4, 0.5) is 5.69 Å². The molecule has 25 heavy (non-hydrogen) atoms. The molecule has 5 nitrogen and oxygen atoms in total. The number of hydrazine groups is 1. The van der Waals surface area contributed by atoms with Crippen LogP contribution in [0, 0.1) is 20.8 Å². The molecule has 132 valence electrons. The fraction of sp³-hybridized carbons (Fsp3) is 0.316. The number of phenols is 1. The van der Waals surface area contributed by atoms with Gasteiger partial charge in [0.05, 0.1) is 6.04 Å². The third-order valence-corrected chi connectivity index (χ3v) is 5.17. The Morgan fingerprint density at radius 1 is 1.16 bits per heavy atom. The van der Waals surface area contributed by atoms with Crippen LogP contribution in [0.1, 0.15) is 34.7 Å². The number of phenolic OH excluding ortho intramolecular Hbond substituents is 1. The van der Waals surface area contributed by atoms with E-state index in [0.717, 1.165) is 22.3 Å². The molecule has 3 rings (SSSR count). The minimum absolute atomic E-state index is 0.128. The van der Waals surface area contributed by atoms with E-state index in [9.17, 15) is 9.90 Å². The lowest BCUT2D eigenvalue weighted by atomic mass is 9.96. The molecule has 0 aromatic heterocycles. The van der Waals surface area contributed by atoms with E-state index in [1.54, 1.807) is 6.07 Å². The summed E-state index contributed by atoms with van der Waals surface area (Å²) < 4.78 is 0. The SMILES string of the molecule is Cc1ccc(NC(=O)C2CC(c3ccc(C)c(C)c3O)NN2)cc1Cl. The third-order valence-electron chi connectivity index (χ3n) is 4.77. The highest BCUT2D eigenvalue weighted by Crippen LogP contribution is 2.33. The molecule has 1 heterocycles. The van der Waals surface area contributed by atoms with Gasteiger partial charge in [-0.05, 0) is 56.0 Å². The van der Waals surface area contributed by atoms with Crippen LogP contribution >= 0.6 is 11.6 Å². The van der Waals surface area contributed by atoms with Crippen molar-refractivity contribution in [2.45, 2.75) is 39.3 Å². The minimum Gasteiger partial charge on any atom is -0.507 e. The summed E-state index contributed by atoms with van der Waals surface area (Å²) in [5, 5.41) is 13.9. The first-order chi connectivity index (χ1) is 11.9. The second-order valence-corrected chi connectivity index (χ2v) is 6.94. The molecule has 0 radical (unpaired) electrons. The third kappa shape index (κ3) is 3.63. The largest absolute Gasteiger partial charge is 0.507 e. The monoisotopic (exact) mass is 359 g/mol. The number of aryl methyl sites for hydroxylation is 2. The van der Waals surface area contributed by atoms with Crippen molar-refractivity contribution < 1.29 is 9.90 Å². The number of nitrogens with one attached hydrogen (secondary N) is 3. The summed E-state index contributed by atoms with van der Waals surface area (Å²) in [6.45, 7) is 5.76. The molecule has 0 saturated carbocycles. The van der Waals surface area contributed by atoms with Crippen molar-refractivity contribution in [3.05, 3.63) is 57.6 Å². The molecular weight excluding hydrogens is 338 g/mol. The Labute approximate surface area is 152 Å². The van der Waals surface area contributed by atoms with Crippen LogP contribution < -0.4 is 16.2 Å². The number of hydrogen-bond acceptors (Lipinski definition) is 4. The van der Waals surface area contributed by atoms with Gasteiger partial charge in [0.1, 0.15) is 11.8 Å². The summed E-state index contributed by atoms with van der Waals surface area (Å²) in [7, 11) is 0. The van der Waals surface area contributed by atoms with Gasteiger partial charge in [0.2, 0.25) is 5.91 Å². The van der Waals surface area contributed by atoms with Gasteiger partial charge in [-0.2, -0.15) is 0 Å². The standard InChI is InChI=1S/C19H22ClN3O2/c1-10-5-7-14(18(24)12(10)3)16-9-17(23-22-16)19(25)21-13-6-4-11(2)15(20)8-13/h4-8,16-17,22-24H,9H2,1-3H3,(H,21,25). The van der Waals surface area contributed by atoms with Crippen LogP contribution in [0.5, 0.6) is 5.75 Å². The van der Waals surface area contributed by atoms with E-state index in [4.69, 9.17) is 11.6 Å². The highest BCUT2D eigenvalue weighted by Gasteiger charge is 2.31. The molecule has 0 aliphatic carbocycles. The van der Waals surface area contributed by atoms with Crippen molar-refractivity contribution in [1.29, 1.82) is 0 Å². The van der Waals surface area contributed by atoms with Gasteiger partial charge >= 0.3 is 0 Å². The highest BCUT2D eigenvalue weighted by molar-refractivity contribution is 6.31. The fourth-order valence-electron chi connectivity index (χ4n) is 2.94. The Morgan fingerprint density at radius 3 is 2.60 bits per heavy atom. The summed E-state index contributed by atoms with van der Waals surface area (Å²) in [6, 6.07) is 8.79. The van der Waals surface area contributed by atoms with E-state index < -0.39 is 6.04 Å². The number of amides is 1. The number of benzene rings is 2. The minimum atomic E-state index is -0.397. The molecule has 6 heteroatoms. The molecule has 1 fully saturated rings. The maximum atomic E-state index is 12.5. The van der Waals surface area contributed by atoms with Crippen molar-refractivity contribution in [2.75, 3.05) is 5.32 Å². The molecule has 1 saturated heterocycles. The predicted molar refractivity (Wildman–Crippen MR) is 99.8 cm³/mol. The van der Waals surface area contributed by atoms with E-state index in [0.29, 0.717) is 17.1 Å². The number of carbonyl (C=O) groups excluding carboxylic acids is 1. The van der Waals surface area contributed by atoms with Crippen molar-refractivity contribution in [1.82, 2.24) is 10.9 Å². The average molecular weight is 360 g/mol. The van der Waals surface area contributed by atoms with Gasteiger partial charge < -0.3 is 10.4 Å². The lowest BCUT2D eigenvalue weighted by molar-refractivity contribution is -0.117. The van der Waals surface area contributed by atoms with Crippen LogP contribution in [0.25, 0.3) is 0 Å². The number of anilines is 1. The van der Waals surface area contributed by atoms with Gasteiger partial charge in [-0.25, -0.2) is 10.9 Å². The second-order valence-electron chi connectivity index (χ2n) is 6.53. The zero-order valence-corrected chi connectivity index (χ0v) is 15.2. The lowest BCUT2D eigenvalue weighted by Crippen LogP contribution is -2.39. The number of aromatic hydroxyl groups is 1. The molecule has 2 atom stereocenters. The van der Waals surface area contributed by atoms with Crippen molar-refractivity contribution >= 4 is 23.2 Å². The highest BCUT2D eigenvalue weighted by atomic mass is 35.5. The van der Waals surface area contributed by atoms with E-state index in [1.165, 1.54) is 0 Å². The van der Waals surface area contributed by atoms with Crippen LogP contribution in [-0.4, -0.2) is 17.1 Å². The van der Waals surface area contributed by atoms with E-state index in [2.05, 4.69) is 16.2 Å². The van der Waals surface area contributed by atoms with Crippen LogP contribution in [-0.2, 0) is 4.79 Å². The topological polar surface area (TPSA) is 73.4 Å². The van der Waals surface area contributed by atoms with E-state index >= 15 is 0 Å². The number of hydrogen-bond donors (Lipinski definition) is 4. The quantitative estimate of drug-likeness (QED) is 0.676. The zero-order chi connectivity index (χ0) is 18.1. The summed E-state index contributed by atoms with van der Waals surface area (Å²) in [5.41, 5.74) is 10.4. The van der Waals surface area contributed by atoms with Gasteiger partial charge in [-0.3, -0.25) is 4.79 Å². The molecule has 2 aromatic rings. The number of rotatable bonds is 3.